The molecule has 2 aromatic carbocycles. The van der Waals surface area contributed by atoms with Crippen molar-refractivity contribution >= 4 is 20.0 Å². The van der Waals surface area contributed by atoms with Crippen LogP contribution < -0.4 is 4.13 Å². The molecule has 0 aliphatic rings. The molecule has 0 atom stereocenters. The van der Waals surface area contributed by atoms with Crippen LogP contribution in [0, 0.1) is 34.9 Å². The van der Waals surface area contributed by atoms with Crippen LogP contribution in [-0.4, -0.2) is 16.8 Å². The van der Waals surface area contributed by atoms with Crippen LogP contribution in [0.4, 0.5) is 26.3 Å². The van der Waals surface area contributed by atoms with Gasteiger partial charge in [-0.25, -0.2) is 43.2 Å². The van der Waals surface area contributed by atoms with Gasteiger partial charge in [-0.05, 0) is 24.3 Å². The predicted octanol–water partition coefficient (Wildman–Crippen LogP) is 2.19. The maximum Gasteiger partial charge on any atom is 0.259 e. The van der Waals surface area contributed by atoms with Crippen molar-refractivity contribution in [1.29, 1.82) is 0 Å². The predicted molar refractivity (Wildman–Crippen MR) is 70.1 cm³/mol. The summed E-state index contributed by atoms with van der Waals surface area (Å²) >= 11 is 0. The van der Waals surface area contributed by atoms with Gasteiger partial charge in [-0.1, -0.05) is 0 Å². The van der Waals surface area contributed by atoms with Gasteiger partial charge in [-0.15, -0.1) is 4.13 Å². The molecule has 0 spiro atoms. The molecule has 0 aliphatic heterocycles. The Morgan fingerprint density at radius 3 is 1.16 bits per heavy atom. The molecule has 13 heteroatoms. The van der Waals surface area contributed by atoms with E-state index in [4.69, 9.17) is 0 Å². The summed E-state index contributed by atoms with van der Waals surface area (Å²) in [6.07, 6.45) is 0. The molecular formula is C12H5F6NO4S2. The van der Waals surface area contributed by atoms with Gasteiger partial charge in [0.25, 0.3) is 20.0 Å². The van der Waals surface area contributed by atoms with Crippen molar-refractivity contribution in [3.05, 3.63) is 59.2 Å². The van der Waals surface area contributed by atoms with E-state index in [2.05, 4.69) is 0 Å². The van der Waals surface area contributed by atoms with Crippen molar-refractivity contribution in [1.82, 2.24) is 4.13 Å². The van der Waals surface area contributed by atoms with E-state index in [1.165, 1.54) is 0 Å². The highest BCUT2D eigenvalue weighted by atomic mass is 32.3. The molecule has 0 bridgehead atoms. The third-order valence-corrected chi connectivity index (χ3v) is 6.34. The summed E-state index contributed by atoms with van der Waals surface area (Å²) in [5.74, 6) is -11.9. The molecule has 0 radical (unpaired) electrons. The number of nitrogens with one attached hydrogen (secondary N) is 1. The monoisotopic (exact) mass is 405 g/mol. The quantitative estimate of drug-likeness (QED) is 0.625. The van der Waals surface area contributed by atoms with E-state index < -0.39 is 64.7 Å². The summed E-state index contributed by atoms with van der Waals surface area (Å²) in [4.78, 5) is -4.07. The van der Waals surface area contributed by atoms with Gasteiger partial charge in [0.2, 0.25) is 0 Å². The van der Waals surface area contributed by atoms with Gasteiger partial charge < -0.3 is 0 Å². The van der Waals surface area contributed by atoms with Crippen LogP contribution in [0.25, 0.3) is 0 Å². The van der Waals surface area contributed by atoms with E-state index in [0.29, 0.717) is 4.13 Å². The van der Waals surface area contributed by atoms with Crippen LogP contribution in [0.2, 0.25) is 0 Å². The van der Waals surface area contributed by atoms with Crippen LogP contribution in [0.15, 0.2) is 34.1 Å². The third-order valence-electron chi connectivity index (χ3n) is 2.76. The first kappa shape index (κ1) is 19.2. The molecule has 0 aromatic heterocycles. The molecule has 2 aromatic rings. The summed E-state index contributed by atoms with van der Waals surface area (Å²) in [7, 11) is -11.4. The van der Waals surface area contributed by atoms with Crippen LogP contribution in [-0.2, 0) is 20.0 Å². The van der Waals surface area contributed by atoms with Gasteiger partial charge in [-0.2, -0.15) is 0 Å². The first-order chi connectivity index (χ1) is 11.4. The largest absolute Gasteiger partial charge is 0.259 e. The molecule has 136 valence electrons. The zero-order chi connectivity index (χ0) is 19.2. The van der Waals surface area contributed by atoms with Crippen molar-refractivity contribution in [3.8, 4) is 0 Å². The number of hydrogen-bond donors (Lipinski definition) is 1. The lowest BCUT2D eigenvalue weighted by atomic mass is 10.3. The molecule has 1 N–H and O–H groups in total. The summed E-state index contributed by atoms with van der Waals surface area (Å²) in [5.41, 5.74) is 0. The van der Waals surface area contributed by atoms with Gasteiger partial charge in [0.1, 0.15) is 11.6 Å². The van der Waals surface area contributed by atoms with Crippen molar-refractivity contribution in [2.24, 2.45) is 0 Å². The summed E-state index contributed by atoms with van der Waals surface area (Å²) < 4.78 is 128. The lowest BCUT2D eigenvalue weighted by Gasteiger charge is -2.11. The number of halogens is 6. The van der Waals surface area contributed by atoms with Gasteiger partial charge in [0, 0.05) is 0 Å². The molecule has 0 amide bonds. The second kappa shape index (κ2) is 6.31. The Hall–Kier alpha value is -2.12. The number of sulfonamides is 2. The molecule has 0 heterocycles. The molecule has 0 fully saturated rings. The van der Waals surface area contributed by atoms with Gasteiger partial charge >= 0.3 is 0 Å². The highest BCUT2D eigenvalue weighted by Crippen LogP contribution is 2.25. The van der Waals surface area contributed by atoms with Crippen molar-refractivity contribution < 1.29 is 43.2 Å². The molecule has 0 unspecified atom stereocenters. The molecule has 2 rings (SSSR count). The molecular weight excluding hydrogens is 400 g/mol. The minimum absolute atomic E-state index is 0.183. The van der Waals surface area contributed by atoms with E-state index >= 15 is 0 Å². The highest BCUT2D eigenvalue weighted by Gasteiger charge is 2.35. The van der Waals surface area contributed by atoms with Crippen molar-refractivity contribution in [2.45, 2.75) is 9.79 Å². The minimum Gasteiger partial charge on any atom is -0.206 e. The average molecular weight is 405 g/mol. The fourth-order valence-electron chi connectivity index (χ4n) is 1.74. The van der Waals surface area contributed by atoms with Gasteiger partial charge in [0.15, 0.2) is 33.1 Å². The number of hydrogen-bond acceptors (Lipinski definition) is 4. The second-order valence-corrected chi connectivity index (χ2v) is 7.93. The third kappa shape index (κ3) is 3.48. The van der Waals surface area contributed by atoms with E-state index in [-0.39, 0.29) is 24.3 Å². The van der Waals surface area contributed by atoms with Crippen molar-refractivity contribution in [2.75, 3.05) is 0 Å². The fraction of sp³-hybridized carbons (Fsp3) is 0. The lowest BCUT2D eigenvalue weighted by Crippen LogP contribution is -2.33. The standard InChI is InChI=1S/C12H5F6NO4S2/c13-5-1-3-7(15)11(9(5)17)24(20,21)19-25(22,23)12-8(16)4-2-6(14)10(12)18/h1-4,19H. The van der Waals surface area contributed by atoms with Crippen LogP contribution in [0.1, 0.15) is 0 Å². The van der Waals surface area contributed by atoms with E-state index in [1.54, 1.807) is 0 Å². The zero-order valence-electron chi connectivity index (χ0n) is 11.5. The Labute approximate surface area is 137 Å². The summed E-state index contributed by atoms with van der Waals surface area (Å²) in [6, 6.07) is 0.820. The Kier molecular flexibility index (Phi) is 4.85. The van der Waals surface area contributed by atoms with E-state index in [9.17, 15) is 43.2 Å². The van der Waals surface area contributed by atoms with E-state index in [1.807, 2.05) is 0 Å². The van der Waals surface area contributed by atoms with Crippen LogP contribution in [0.3, 0.4) is 0 Å². The first-order valence-corrected chi connectivity index (χ1v) is 8.90. The van der Waals surface area contributed by atoms with Crippen molar-refractivity contribution in [3.63, 3.8) is 0 Å². The maximum absolute atomic E-state index is 13.5. The number of benzene rings is 2. The molecule has 25 heavy (non-hydrogen) atoms. The van der Waals surface area contributed by atoms with Crippen LogP contribution >= 0.6 is 0 Å². The first-order valence-electron chi connectivity index (χ1n) is 5.94. The molecule has 5 nitrogen and oxygen atoms in total. The SMILES string of the molecule is O=S(=O)(NS(=O)(=O)c1c(F)ccc(F)c1F)c1c(F)ccc(F)c1F. The smallest absolute Gasteiger partial charge is 0.206 e. The van der Waals surface area contributed by atoms with E-state index in [0.717, 1.165) is 0 Å². The normalized spacial score (nSPS) is 12.4. The lowest BCUT2D eigenvalue weighted by molar-refractivity contribution is 0.455. The second-order valence-electron chi connectivity index (χ2n) is 4.43. The van der Waals surface area contributed by atoms with Crippen LogP contribution in [0.5, 0.6) is 0 Å². The average Bonchev–Trinajstić information content (AvgIpc) is 2.46. The molecule has 0 saturated heterocycles. The summed E-state index contributed by atoms with van der Waals surface area (Å²) in [6.45, 7) is 0. The highest BCUT2D eigenvalue weighted by molar-refractivity contribution is 8.04. The molecule has 0 aliphatic carbocycles. The topological polar surface area (TPSA) is 80.3 Å². The number of rotatable bonds is 4. The minimum atomic E-state index is -5.68. The Balaban J connectivity index is 2.63. The molecule has 0 saturated carbocycles. The Morgan fingerprint density at radius 1 is 0.560 bits per heavy atom. The maximum atomic E-state index is 13.5. The van der Waals surface area contributed by atoms with Gasteiger partial charge in [0.05, 0.1) is 0 Å². The fourth-order valence-corrected chi connectivity index (χ4v) is 4.88. The zero-order valence-corrected chi connectivity index (χ0v) is 13.2. The Bertz CT molecular complexity index is 984. The Morgan fingerprint density at radius 2 is 0.840 bits per heavy atom. The summed E-state index contributed by atoms with van der Waals surface area (Å²) in [5, 5.41) is 0. The van der Waals surface area contributed by atoms with Gasteiger partial charge in [-0.3, -0.25) is 0 Å².